The SMILES string of the molecule is CC(C)S(=O)(=O)c1ccc(-c2cnc3[nH]cc(-c4ccnc5ccccc45)c3n2)cc1. The quantitative estimate of drug-likeness (QED) is 0.434. The van der Waals surface area contributed by atoms with Crippen LogP contribution in [0.25, 0.3) is 44.5 Å². The number of sulfone groups is 1. The molecule has 0 spiro atoms. The van der Waals surface area contributed by atoms with Crippen LogP contribution in [0.15, 0.2) is 78.1 Å². The van der Waals surface area contributed by atoms with Gasteiger partial charge in [-0.3, -0.25) is 4.98 Å². The second kappa shape index (κ2) is 7.28. The molecule has 0 aliphatic heterocycles. The number of pyridine rings is 1. The lowest BCUT2D eigenvalue weighted by atomic mass is 10.0. The van der Waals surface area contributed by atoms with Crippen molar-refractivity contribution in [1.29, 1.82) is 0 Å². The maximum absolute atomic E-state index is 12.4. The van der Waals surface area contributed by atoms with Crippen LogP contribution in [0.5, 0.6) is 0 Å². The van der Waals surface area contributed by atoms with Crippen LogP contribution < -0.4 is 0 Å². The van der Waals surface area contributed by atoms with Crippen LogP contribution in [0.1, 0.15) is 13.8 Å². The number of fused-ring (bicyclic) bond motifs is 2. The highest BCUT2D eigenvalue weighted by Crippen LogP contribution is 2.32. The van der Waals surface area contributed by atoms with Gasteiger partial charge in [0.25, 0.3) is 0 Å². The fourth-order valence-corrected chi connectivity index (χ4v) is 4.71. The van der Waals surface area contributed by atoms with Crippen molar-refractivity contribution in [3.05, 3.63) is 73.2 Å². The summed E-state index contributed by atoms with van der Waals surface area (Å²) in [6.07, 6.45) is 5.40. The highest BCUT2D eigenvalue weighted by molar-refractivity contribution is 7.92. The van der Waals surface area contributed by atoms with E-state index in [-0.39, 0.29) is 0 Å². The van der Waals surface area contributed by atoms with Crippen molar-refractivity contribution in [1.82, 2.24) is 19.9 Å². The third-order valence-corrected chi connectivity index (χ3v) is 7.59. The molecule has 154 valence electrons. The topological polar surface area (TPSA) is 88.6 Å². The van der Waals surface area contributed by atoms with E-state index in [2.05, 4.69) is 15.0 Å². The summed E-state index contributed by atoms with van der Waals surface area (Å²) in [5, 5.41) is 0.577. The van der Waals surface area contributed by atoms with E-state index < -0.39 is 15.1 Å². The summed E-state index contributed by atoms with van der Waals surface area (Å²) in [4.78, 5) is 17.3. The summed E-state index contributed by atoms with van der Waals surface area (Å²) in [5.74, 6) is 0. The third-order valence-electron chi connectivity index (χ3n) is 5.42. The van der Waals surface area contributed by atoms with Crippen LogP contribution in [-0.4, -0.2) is 33.6 Å². The molecular formula is C24H20N4O2S. The molecule has 0 saturated carbocycles. The van der Waals surface area contributed by atoms with Crippen molar-refractivity contribution < 1.29 is 8.42 Å². The Hall–Kier alpha value is -3.58. The lowest BCUT2D eigenvalue weighted by molar-refractivity contribution is 0.587. The van der Waals surface area contributed by atoms with Gasteiger partial charge in [0, 0.05) is 28.9 Å². The Morgan fingerprint density at radius 1 is 0.903 bits per heavy atom. The molecule has 1 N–H and O–H groups in total. The molecule has 5 rings (SSSR count). The van der Waals surface area contributed by atoms with Crippen molar-refractivity contribution in [2.24, 2.45) is 0 Å². The predicted octanol–water partition coefficient (Wildman–Crippen LogP) is 5.02. The average molecular weight is 429 g/mol. The van der Waals surface area contributed by atoms with Crippen LogP contribution in [0.2, 0.25) is 0 Å². The number of para-hydroxylation sites is 1. The number of nitrogens with one attached hydrogen (secondary N) is 1. The molecule has 7 heteroatoms. The van der Waals surface area contributed by atoms with Gasteiger partial charge >= 0.3 is 0 Å². The van der Waals surface area contributed by atoms with Crippen LogP contribution in [-0.2, 0) is 9.84 Å². The Kier molecular flexibility index (Phi) is 4.55. The highest BCUT2D eigenvalue weighted by Gasteiger charge is 2.19. The van der Waals surface area contributed by atoms with Gasteiger partial charge in [-0.1, -0.05) is 30.3 Å². The fraction of sp³-hybridized carbons (Fsp3) is 0.125. The number of rotatable bonds is 4. The summed E-state index contributed by atoms with van der Waals surface area (Å²) in [7, 11) is -3.31. The third kappa shape index (κ3) is 3.27. The number of H-pyrrole nitrogens is 1. The van der Waals surface area contributed by atoms with Crippen molar-refractivity contribution >= 4 is 31.9 Å². The molecular weight excluding hydrogens is 408 g/mol. The molecule has 0 saturated heterocycles. The van der Waals surface area contributed by atoms with Gasteiger partial charge < -0.3 is 4.98 Å². The molecule has 3 heterocycles. The summed E-state index contributed by atoms with van der Waals surface area (Å²) in [5.41, 5.74) is 5.83. The van der Waals surface area contributed by atoms with Gasteiger partial charge in [-0.15, -0.1) is 0 Å². The maximum atomic E-state index is 12.4. The Bertz CT molecular complexity index is 1520. The molecule has 0 amide bonds. The van der Waals surface area contributed by atoms with Gasteiger partial charge in [-0.05, 0) is 43.7 Å². The van der Waals surface area contributed by atoms with Gasteiger partial charge in [0.2, 0.25) is 0 Å². The minimum absolute atomic E-state index is 0.311. The number of aromatic amines is 1. The first-order valence-electron chi connectivity index (χ1n) is 9.98. The van der Waals surface area contributed by atoms with Crippen molar-refractivity contribution in [3.8, 4) is 22.4 Å². The Balaban J connectivity index is 1.62. The lowest BCUT2D eigenvalue weighted by Gasteiger charge is -2.09. The van der Waals surface area contributed by atoms with Gasteiger partial charge in [-0.2, -0.15) is 0 Å². The number of benzene rings is 2. The first-order valence-corrected chi connectivity index (χ1v) is 11.5. The van der Waals surface area contributed by atoms with Crippen LogP contribution in [0, 0.1) is 0 Å². The van der Waals surface area contributed by atoms with E-state index in [9.17, 15) is 8.42 Å². The summed E-state index contributed by atoms with van der Waals surface area (Å²) < 4.78 is 24.8. The molecule has 0 aliphatic carbocycles. The van der Waals surface area contributed by atoms with E-state index in [1.165, 1.54) is 0 Å². The smallest absolute Gasteiger partial charge is 0.180 e. The molecule has 0 radical (unpaired) electrons. The molecule has 6 nitrogen and oxygen atoms in total. The zero-order chi connectivity index (χ0) is 21.6. The molecule has 0 bridgehead atoms. The molecule has 0 aliphatic rings. The lowest BCUT2D eigenvalue weighted by Crippen LogP contribution is -2.13. The summed E-state index contributed by atoms with van der Waals surface area (Å²) >= 11 is 0. The average Bonchev–Trinajstić information content (AvgIpc) is 3.21. The minimum Gasteiger partial charge on any atom is -0.344 e. The largest absolute Gasteiger partial charge is 0.344 e. The first kappa shape index (κ1) is 19.4. The monoisotopic (exact) mass is 428 g/mol. The molecule has 5 aromatic rings. The Morgan fingerprint density at radius 3 is 2.45 bits per heavy atom. The molecule has 0 unspecified atom stereocenters. The fourth-order valence-electron chi connectivity index (χ4n) is 3.65. The van der Waals surface area contributed by atoms with Crippen molar-refractivity contribution in [3.63, 3.8) is 0 Å². The molecule has 0 atom stereocenters. The van der Waals surface area contributed by atoms with Crippen molar-refractivity contribution in [2.75, 3.05) is 0 Å². The van der Waals surface area contributed by atoms with E-state index in [0.717, 1.165) is 33.1 Å². The standard InChI is InChI=1S/C24H20N4O2S/c1-15(2)31(29,30)17-9-7-16(8-10-17)22-14-27-24-23(28-22)20(13-26-24)18-11-12-25-21-6-4-3-5-19(18)21/h3-15H,1-2H3,(H,26,27). The second-order valence-corrected chi connectivity index (χ2v) is 10.2. The number of hydrogen-bond donors (Lipinski definition) is 1. The van der Waals surface area contributed by atoms with E-state index in [0.29, 0.717) is 16.2 Å². The van der Waals surface area contributed by atoms with Gasteiger partial charge in [0.05, 0.1) is 27.6 Å². The predicted molar refractivity (Wildman–Crippen MR) is 122 cm³/mol. The zero-order valence-corrected chi connectivity index (χ0v) is 17.9. The first-order chi connectivity index (χ1) is 14.9. The summed E-state index contributed by atoms with van der Waals surface area (Å²) in [6, 6.07) is 16.8. The van der Waals surface area contributed by atoms with Crippen LogP contribution >= 0.6 is 0 Å². The number of nitrogens with zero attached hydrogens (tertiary/aromatic N) is 3. The van der Waals surface area contributed by atoms with Gasteiger partial charge in [-0.25, -0.2) is 18.4 Å². The van der Waals surface area contributed by atoms with E-state index >= 15 is 0 Å². The Labute approximate surface area is 179 Å². The molecule has 2 aromatic carbocycles. The van der Waals surface area contributed by atoms with E-state index in [4.69, 9.17) is 4.98 Å². The zero-order valence-electron chi connectivity index (χ0n) is 17.1. The molecule has 0 fully saturated rings. The number of hydrogen-bond acceptors (Lipinski definition) is 5. The second-order valence-electron chi connectivity index (χ2n) is 7.65. The Morgan fingerprint density at radius 2 is 1.68 bits per heavy atom. The number of aromatic nitrogens is 4. The highest BCUT2D eigenvalue weighted by atomic mass is 32.2. The molecule has 31 heavy (non-hydrogen) atoms. The maximum Gasteiger partial charge on any atom is 0.180 e. The van der Waals surface area contributed by atoms with Crippen LogP contribution in [0.4, 0.5) is 0 Å². The minimum atomic E-state index is -3.31. The molecule has 3 aromatic heterocycles. The summed E-state index contributed by atoms with van der Waals surface area (Å²) in [6.45, 7) is 3.36. The van der Waals surface area contributed by atoms with Crippen LogP contribution in [0.3, 0.4) is 0 Å². The van der Waals surface area contributed by atoms with Crippen molar-refractivity contribution in [2.45, 2.75) is 24.0 Å². The van der Waals surface area contributed by atoms with Gasteiger partial charge in [0.15, 0.2) is 15.5 Å². The van der Waals surface area contributed by atoms with Gasteiger partial charge in [0.1, 0.15) is 5.52 Å². The van der Waals surface area contributed by atoms with E-state index in [1.54, 1.807) is 50.5 Å². The normalized spacial score (nSPS) is 12.1. The van der Waals surface area contributed by atoms with E-state index in [1.807, 2.05) is 36.5 Å².